The average molecular weight is 257 g/mol. The maximum absolute atomic E-state index is 4.38. The van der Waals surface area contributed by atoms with Gasteiger partial charge < -0.3 is 4.90 Å². The monoisotopic (exact) mass is 257 g/mol. The van der Waals surface area contributed by atoms with Crippen LogP contribution in [0.15, 0.2) is 24.9 Å². The Balaban J connectivity index is 1.95. The van der Waals surface area contributed by atoms with Crippen molar-refractivity contribution in [2.24, 2.45) is 7.05 Å². The fourth-order valence-corrected chi connectivity index (χ4v) is 2.11. The molecule has 98 valence electrons. The number of aryl methyl sites for hydroxylation is 1. The molecule has 7 heteroatoms. The quantitative estimate of drug-likeness (QED) is 0.757. The summed E-state index contributed by atoms with van der Waals surface area (Å²) in [7, 11) is 1.92. The van der Waals surface area contributed by atoms with E-state index in [0.717, 1.165) is 35.5 Å². The van der Waals surface area contributed by atoms with Crippen molar-refractivity contribution in [3.63, 3.8) is 0 Å². The molecule has 0 amide bonds. The van der Waals surface area contributed by atoms with Gasteiger partial charge in [-0.1, -0.05) is 0 Å². The molecule has 0 saturated carbocycles. The Morgan fingerprint density at radius 1 is 1.32 bits per heavy atom. The SMILES string of the molecule is CCN(Cc1cnn(C)c1)c1ncnc2[nH]ncc12. The number of rotatable bonds is 4. The Kier molecular flexibility index (Phi) is 2.86. The summed E-state index contributed by atoms with van der Waals surface area (Å²) in [6, 6.07) is 0. The van der Waals surface area contributed by atoms with Crippen molar-refractivity contribution >= 4 is 16.9 Å². The summed E-state index contributed by atoms with van der Waals surface area (Å²) >= 11 is 0. The van der Waals surface area contributed by atoms with E-state index < -0.39 is 0 Å². The molecule has 0 aliphatic rings. The first-order valence-electron chi connectivity index (χ1n) is 6.14. The smallest absolute Gasteiger partial charge is 0.160 e. The molecule has 0 bridgehead atoms. The van der Waals surface area contributed by atoms with Gasteiger partial charge in [-0.2, -0.15) is 10.2 Å². The van der Waals surface area contributed by atoms with Crippen LogP contribution in [0.4, 0.5) is 5.82 Å². The molecule has 3 rings (SSSR count). The molecule has 0 spiro atoms. The van der Waals surface area contributed by atoms with Crippen molar-refractivity contribution in [3.05, 3.63) is 30.5 Å². The fraction of sp³-hybridized carbons (Fsp3) is 0.333. The van der Waals surface area contributed by atoms with Crippen LogP contribution in [0.1, 0.15) is 12.5 Å². The third-order valence-electron chi connectivity index (χ3n) is 3.04. The van der Waals surface area contributed by atoms with E-state index in [-0.39, 0.29) is 0 Å². The zero-order valence-electron chi connectivity index (χ0n) is 10.9. The third-order valence-corrected chi connectivity index (χ3v) is 3.04. The van der Waals surface area contributed by atoms with Crippen molar-refractivity contribution in [1.82, 2.24) is 29.9 Å². The van der Waals surface area contributed by atoms with Gasteiger partial charge in [-0.15, -0.1) is 0 Å². The second-order valence-electron chi connectivity index (χ2n) is 4.37. The van der Waals surface area contributed by atoms with Gasteiger partial charge in [0.15, 0.2) is 5.65 Å². The van der Waals surface area contributed by atoms with E-state index in [4.69, 9.17) is 0 Å². The van der Waals surface area contributed by atoms with Gasteiger partial charge in [-0.25, -0.2) is 9.97 Å². The van der Waals surface area contributed by atoms with E-state index in [1.54, 1.807) is 17.2 Å². The molecule has 0 unspecified atom stereocenters. The Morgan fingerprint density at radius 3 is 2.95 bits per heavy atom. The van der Waals surface area contributed by atoms with Crippen LogP contribution in [0.2, 0.25) is 0 Å². The van der Waals surface area contributed by atoms with Gasteiger partial charge in [0.2, 0.25) is 0 Å². The fourth-order valence-electron chi connectivity index (χ4n) is 2.11. The molecule has 7 nitrogen and oxygen atoms in total. The third kappa shape index (κ3) is 2.14. The number of nitrogens with zero attached hydrogens (tertiary/aromatic N) is 6. The Hall–Kier alpha value is -2.44. The van der Waals surface area contributed by atoms with Crippen molar-refractivity contribution in [1.29, 1.82) is 0 Å². The largest absolute Gasteiger partial charge is 0.352 e. The van der Waals surface area contributed by atoms with Gasteiger partial charge in [0.1, 0.15) is 12.1 Å². The summed E-state index contributed by atoms with van der Waals surface area (Å²) in [6.45, 7) is 3.72. The highest BCUT2D eigenvalue weighted by atomic mass is 15.3. The van der Waals surface area contributed by atoms with Crippen LogP contribution in [0, 0.1) is 0 Å². The average Bonchev–Trinajstić information content (AvgIpc) is 3.04. The molecule has 0 saturated heterocycles. The number of nitrogens with one attached hydrogen (secondary N) is 1. The van der Waals surface area contributed by atoms with Crippen LogP contribution in [-0.2, 0) is 13.6 Å². The minimum atomic E-state index is 0.759. The van der Waals surface area contributed by atoms with Gasteiger partial charge in [0.25, 0.3) is 0 Å². The minimum absolute atomic E-state index is 0.759. The number of H-pyrrole nitrogens is 1. The molecule has 3 heterocycles. The molecular weight excluding hydrogens is 242 g/mol. The van der Waals surface area contributed by atoms with E-state index in [1.807, 2.05) is 19.4 Å². The lowest BCUT2D eigenvalue weighted by molar-refractivity contribution is 0.764. The normalized spacial score (nSPS) is 11.1. The van der Waals surface area contributed by atoms with Crippen molar-refractivity contribution in [3.8, 4) is 0 Å². The Labute approximate surface area is 110 Å². The van der Waals surface area contributed by atoms with Crippen molar-refractivity contribution in [2.75, 3.05) is 11.4 Å². The summed E-state index contributed by atoms with van der Waals surface area (Å²) in [4.78, 5) is 10.7. The molecule has 19 heavy (non-hydrogen) atoms. The predicted octanol–water partition coefficient (Wildman–Crippen LogP) is 1.11. The number of aromatic nitrogens is 6. The van der Waals surface area contributed by atoms with Crippen molar-refractivity contribution in [2.45, 2.75) is 13.5 Å². The highest BCUT2D eigenvalue weighted by Crippen LogP contribution is 2.22. The van der Waals surface area contributed by atoms with E-state index in [2.05, 4.69) is 37.1 Å². The Morgan fingerprint density at radius 2 is 2.21 bits per heavy atom. The van der Waals surface area contributed by atoms with Gasteiger partial charge in [-0.05, 0) is 6.92 Å². The lowest BCUT2D eigenvalue weighted by atomic mass is 10.3. The first-order valence-corrected chi connectivity index (χ1v) is 6.14. The molecule has 0 aliphatic carbocycles. The minimum Gasteiger partial charge on any atom is -0.352 e. The second-order valence-corrected chi connectivity index (χ2v) is 4.37. The summed E-state index contributed by atoms with van der Waals surface area (Å²) in [5.41, 5.74) is 1.91. The molecule has 0 atom stereocenters. The molecule has 3 aromatic heterocycles. The van der Waals surface area contributed by atoms with E-state index >= 15 is 0 Å². The molecule has 0 radical (unpaired) electrons. The first-order chi connectivity index (χ1) is 9.28. The Bertz CT molecular complexity index is 684. The highest BCUT2D eigenvalue weighted by Gasteiger charge is 2.13. The number of fused-ring (bicyclic) bond motifs is 1. The molecule has 0 aliphatic heterocycles. The zero-order valence-corrected chi connectivity index (χ0v) is 10.9. The van der Waals surface area contributed by atoms with Crippen LogP contribution >= 0.6 is 0 Å². The van der Waals surface area contributed by atoms with Crippen LogP contribution < -0.4 is 4.90 Å². The number of hydrogen-bond donors (Lipinski definition) is 1. The standard InChI is InChI=1S/C12H15N7/c1-3-19(7-9-4-16-18(2)6-9)12-10-5-15-17-11(10)13-8-14-12/h4-6,8H,3,7H2,1-2H3,(H,13,14,15,17). The number of aromatic amines is 1. The summed E-state index contributed by atoms with van der Waals surface area (Å²) in [5.74, 6) is 0.894. The summed E-state index contributed by atoms with van der Waals surface area (Å²) in [5, 5.41) is 12.0. The highest BCUT2D eigenvalue weighted by molar-refractivity contribution is 5.86. The molecule has 0 fully saturated rings. The van der Waals surface area contributed by atoms with Gasteiger partial charge in [-0.3, -0.25) is 9.78 Å². The lowest BCUT2D eigenvalue weighted by Gasteiger charge is -2.21. The number of hydrogen-bond acceptors (Lipinski definition) is 5. The van der Waals surface area contributed by atoms with Crippen LogP contribution in [-0.4, -0.2) is 36.5 Å². The van der Waals surface area contributed by atoms with Crippen molar-refractivity contribution < 1.29 is 0 Å². The molecule has 0 aromatic carbocycles. The van der Waals surface area contributed by atoms with Crippen LogP contribution in [0.25, 0.3) is 11.0 Å². The van der Waals surface area contributed by atoms with E-state index in [9.17, 15) is 0 Å². The number of anilines is 1. The summed E-state index contributed by atoms with van der Waals surface area (Å²) < 4.78 is 1.80. The zero-order chi connectivity index (χ0) is 13.2. The predicted molar refractivity (Wildman–Crippen MR) is 71.6 cm³/mol. The topological polar surface area (TPSA) is 75.5 Å². The first kappa shape index (κ1) is 11.6. The lowest BCUT2D eigenvalue weighted by Crippen LogP contribution is -2.23. The molecule has 1 N–H and O–H groups in total. The van der Waals surface area contributed by atoms with Gasteiger partial charge in [0.05, 0.1) is 17.8 Å². The van der Waals surface area contributed by atoms with Crippen LogP contribution in [0.5, 0.6) is 0 Å². The molecule has 3 aromatic rings. The van der Waals surface area contributed by atoms with Gasteiger partial charge >= 0.3 is 0 Å². The van der Waals surface area contributed by atoms with E-state index in [0.29, 0.717) is 0 Å². The maximum atomic E-state index is 4.38. The maximum Gasteiger partial charge on any atom is 0.160 e. The van der Waals surface area contributed by atoms with Crippen LogP contribution in [0.3, 0.4) is 0 Å². The summed E-state index contributed by atoms with van der Waals surface area (Å²) in [6.07, 6.45) is 7.20. The van der Waals surface area contributed by atoms with E-state index in [1.165, 1.54) is 0 Å². The van der Waals surface area contributed by atoms with Gasteiger partial charge in [0, 0.05) is 31.9 Å². The second kappa shape index (κ2) is 4.68. The molecular formula is C12H15N7.